The highest BCUT2D eigenvalue weighted by molar-refractivity contribution is 7.91. The van der Waals surface area contributed by atoms with Crippen LogP contribution >= 0.6 is 0 Å². The molecule has 1 amide bonds. The molecule has 1 saturated heterocycles. The van der Waals surface area contributed by atoms with Crippen LogP contribution < -0.4 is 0 Å². The van der Waals surface area contributed by atoms with Gasteiger partial charge in [-0.25, -0.2) is 13.2 Å². The van der Waals surface area contributed by atoms with E-state index in [4.69, 9.17) is 0 Å². The number of carbonyl (C=O) groups excluding carboxylic acids is 1. The van der Waals surface area contributed by atoms with Gasteiger partial charge >= 0.3 is 5.97 Å². The third-order valence-electron chi connectivity index (χ3n) is 5.07. The first-order valence-corrected chi connectivity index (χ1v) is 9.82. The van der Waals surface area contributed by atoms with Crippen molar-refractivity contribution < 1.29 is 23.1 Å². The highest BCUT2D eigenvalue weighted by atomic mass is 32.2. The average molecular weight is 351 g/mol. The van der Waals surface area contributed by atoms with Gasteiger partial charge in [0.05, 0.1) is 11.5 Å². The Morgan fingerprint density at radius 2 is 1.92 bits per heavy atom. The monoisotopic (exact) mass is 351 g/mol. The lowest BCUT2D eigenvalue weighted by atomic mass is 10.0. The van der Waals surface area contributed by atoms with Crippen LogP contribution in [0.1, 0.15) is 29.0 Å². The van der Waals surface area contributed by atoms with Gasteiger partial charge in [0.1, 0.15) is 6.04 Å². The second kappa shape index (κ2) is 5.88. The van der Waals surface area contributed by atoms with E-state index < -0.39 is 27.6 Å². The highest BCUT2D eigenvalue weighted by Gasteiger charge is 2.49. The fraction of sp³-hybridized carbons (Fsp3) is 0.529. The van der Waals surface area contributed by atoms with E-state index in [9.17, 15) is 23.1 Å². The minimum Gasteiger partial charge on any atom is -0.480 e. The first-order chi connectivity index (χ1) is 11.2. The topological polar surface area (TPSA) is 91.8 Å². The van der Waals surface area contributed by atoms with E-state index in [1.54, 1.807) is 0 Å². The first-order valence-electron chi connectivity index (χ1n) is 8.00. The fourth-order valence-electron chi connectivity index (χ4n) is 3.32. The third-order valence-corrected chi connectivity index (χ3v) is 6.69. The second-order valence-corrected chi connectivity index (χ2v) is 9.02. The van der Waals surface area contributed by atoms with Gasteiger partial charge in [-0.05, 0) is 42.9 Å². The molecule has 1 aromatic carbocycles. The third kappa shape index (κ3) is 3.17. The van der Waals surface area contributed by atoms with Gasteiger partial charge in [0.2, 0.25) is 5.91 Å². The predicted octanol–water partition coefficient (Wildman–Crippen LogP) is 1.12. The lowest BCUT2D eigenvalue weighted by molar-refractivity contribution is -0.149. The molecule has 1 saturated carbocycles. The van der Waals surface area contributed by atoms with E-state index in [0.29, 0.717) is 6.42 Å². The molecule has 24 heavy (non-hydrogen) atoms. The van der Waals surface area contributed by atoms with Crippen LogP contribution in [0.25, 0.3) is 0 Å². The SMILES string of the molecule is Cc1ccc([C@@H]2C[C@H]2C(=O)N2CCS(=O)(=O)CC2C(=O)O)cc1C. The number of amides is 1. The molecular weight excluding hydrogens is 330 g/mol. The molecule has 1 N–H and O–H groups in total. The number of rotatable bonds is 3. The second-order valence-electron chi connectivity index (χ2n) is 6.79. The number of carboxylic acids is 1. The molecule has 0 bridgehead atoms. The molecule has 3 rings (SSSR count). The number of benzene rings is 1. The van der Waals surface area contributed by atoms with Gasteiger partial charge in [0.15, 0.2) is 9.84 Å². The Morgan fingerprint density at radius 1 is 1.21 bits per heavy atom. The van der Waals surface area contributed by atoms with E-state index in [0.717, 1.165) is 11.1 Å². The smallest absolute Gasteiger partial charge is 0.327 e. The molecular formula is C17H21NO5S. The van der Waals surface area contributed by atoms with E-state index in [2.05, 4.69) is 6.07 Å². The van der Waals surface area contributed by atoms with Crippen molar-refractivity contribution in [3.8, 4) is 0 Å². The van der Waals surface area contributed by atoms with Crippen molar-refractivity contribution in [2.45, 2.75) is 32.2 Å². The summed E-state index contributed by atoms with van der Waals surface area (Å²) in [6.07, 6.45) is 0.691. The summed E-state index contributed by atoms with van der Waals surface area (Å²) < 4.78 is 23.3. The summed E-state index contributed by atoms with van der Waals surface area (Å²) in [4.78, 5) is 25.3. The van der Waals surface area contributed by atoms with Crippen LogP contribution in [0.5, 0.6) is 0 Å². The zero-order valence-electron chi connectivity index (χ0n) is 13.7. The maximum atomic E-state index is 12.7. The Morgan fingerprint density at radius 3 is 2.54 bits per heavy atom. The van der Waals surface area contributed by atoms with Gasteiger partial charge in [-0.15, -0.1) is 0 Å². The van der Waals surface area contributed by atoms with Gasteiger partial charge in [-0.1, -0.05) is 18.2 Å². The number of carbonyl (C=O) groups is 2. The molecule has 130 valence electrons. The van der Waals surface area contributed by atoms with Crippen LogP contribution in [-0.2, 0) is 19.4 Å². The lowest BCUT2D eigenvalue weighted by Gasteiger charge is -2.33. The molecule has 2 fully saturated rings. The van der Waals surface area contributed by atoms with Crippen molar-refractivity contribution in [3.63, 3.8) is 0 Å². The predicted molar refractivity (Wildman–Crippen MR) is 88.6 cm³/mol. The summed E-state index contributed by atoms with van der Waals surface area (Å²) in [5, 5.41) is 9.28. The zero-order valence-corrected chi connectivity index (χ0v) is 14.5. The number of hydrogen-bond donors (Lipinski definition) is 1. The van der Waals surface area contributed by atoms with Gasteiger partial charge in [0.25, 0.3) is 0 Å². The Hall–Kier alpha value is -1.89. The Labute approximate surface area is 141 Å². The van der Waals surface area contributed by atoms with Crippen molar-refractivity contribution in [1.82, 2.24) is 4.90 Å². The van der Waals surface area contributed by atoms with E-state index in [-0.39, 0.29) is 30.0 Å². The standard InChI is InChI=1S/C17H21NO5S/c1-10-3-4-12(7-11(10)2)13-8-14(13)16(19)18-5-6-24(22,23)9-15(18)17(20)21/h3-4,7,13-15H,5-6,8-9H2,1-2H3,(H,20,21)/t13-,14+,15?/m0/s1. The van der Waals surface area contributed by atoms with E-state index in [1.807, 2.05) is 26.0 Å². The molecule has 2 aliphatic rings. The molecule has 1 aromatic rings. The van der Waals surface area contributed by atoms with Crippen molar-refractivity contribution >= 4 is 21.7 Å². The van der Waals surface area contributed by atoms with E-state index in [1.165, 1.54) is 10.5 Å². The van der Waals surface area contributed by atoms with Crippen LogP contribution in [0.2, 0.25) is 0 Å². The van der Waals surface area contributed by atoms with Gasteiger partial charge in [-0.3, -0.25) is 4.79 Å². The van der Waals surface area contributed by atoms with E-state index >= 15 is 0 Å². The Bertz CT molecular complexity index is 801. The molecule has 1 unspecified atom stereocenters. The number of carboxylic acid groups (broad SMARTS) is 1. The number of hydrogen-bond acceptors (Lipinski definition) is 4. The summed E-state index contributed by atoms with van der Waals surface area (Å²) >= 11 is 0. The van der Waals surface area contributed by atoms with Crippen molar-refractivity contribution in [2.75, 3.05) is 18.1 Å². The van der Waals surface area contributed by atoms with Gasteiger partial charge in [-0.2, -0.15) is 0 Å². The summed E-state index contributed by atoms with van der Waals surface area (Å²) in [6, 6.07) is 4.84. The van der Waals surface area contributed by atoms with Crippen LogP contribution in [0.3, 0.4) is 0 Å². The minimum atomic E-state index is -3.40. The molecule has 0 spiro atoms. The summed E-state index contributed by atoms with van der Waals surface area (Å²) in [7, 11) is -3.40. The maximum Gasteiger partial charge on any atom is 0.327 e. The maximum absolute atomic E-state index is 12.7. The quantitative estimate of drug-likeness (QED) is 0.881. The lowest BCUT2D eigenvalue weighted by Crippen LogP contribution is -2.55. The highest BCUT2D eigenvalue weighted by Crippen LogP contribution is 2.49. The fourth-order valence-corrected chi connectivity index (χ4v) is 4.77. The molecule has 7 heteroatoms. The molecule has 0 radical (unpaired) electrons. The van der Waals surface area contributed by atoms with Gasteiger partial charge < -0.3 is 10.0 Å². The van der Waals surface area contributed by atoms with Crippen LogP contribution in [-0.4, -0.2) is 54.4 Å². The minimum absolute atomic E-state index is 0.0335. The zero-order chi connectivity index (χ0) is 17.6. The molecule has 0 aromatic heterocycles. The summed E-state index contributed by atoms with van der Waals surface area (Å²) in [5.41, 5.74) is 3.44. The van der Waals surface area contributed by atoms with Crippen LogP contribution in [0, 0.1) is 19.8 Å². The molecule has 1 heterocycles. The summed E-state index contributed by atoms with van der Waals surface area (Å²) in [6.45, 7) is 4.02. The number of nitrogens with zero attached hydrogens (tertiary/aromatic N) is 1. The largest absolute Gasteiger partial charge is 0.480 e. The van der Waals surface area contributed by atoms with Gasteiger partial charge in [0, 0.05) is 12.5 Å². The van der Waals surface area contributed by atoms with Crippen molar-refractivity contribution in [3.05, 3.63) is 34.9 Å². The normalized spacial score (nSPS) is 28.4. The van der Waals surface area contributed by atoms with Crippen molar-refractivity contribution in [1.29, 1.82) is 0 Å². The molecule has 1 aliphatic carbocycles. The average Bonchev–Trinajstić information content (AvgIpc) is 3.29. The van der Waals surface area contributed by atoms with Crippen LogP contribution in [0.15, 0.2) is 18.2 Å². The van der Waals surface area contributed by atoms with Crippen molar-refractivity contribution in [2.24, 2.45) is 5.92 Å². The first kappa shape index (κ1) is 17.0. The number of aliphatic carboxylic acids is 1. The molecule has 6 nitrogen and oxygen atoms in total. The molecule has 3 atom stereocenters. The number of aryl methyl sites for hydroxylation is 2. The Kier molecular flexibility index (Phi) is 4.15. The van der Waals surface area contributed by atoms with Crippen LogP contribution in [0.4, 0.5) is 0 Å². The summed E-state index contributed by atoms with van der Waals surface area (Å²) in [5.74, 6) is -2.28. The Balaban J connectivity index is 1.75. The molecule has 1 aliphatic heterocycles. The number of sulfone groups is 1.